The number of ether oxygens (including phenoxy) is 1. The summed E-state index contributed by atoms with van der Waals surface area (Å²) >= 11 is 0. The topological polar surface area (TPSA) is 126 Å². The minimum Gasteiger partial charge on any atom is -0.490 e. The molecule has 0 radical (unpaired) electrons. The monoisotopic (exact) mass is 487 g/mol. The van der Waals surface area contributed by atoms with E-state index in [0.717, 1.165) is 24.2 Å². The van der Waals surface area contributed by atoms with Gasteiger partial charge in [0.05, 0.1) is 41.1 Å². The van der Waals surface area contributed by atoms with Crippen molar-refractivity contribution in [1.82, 2.24) is 10.2 Å². The van der Waals surface area contributed by atoms with E-state index in [-0.39, 0.29) is 29.7 Å². The second kappa shape index (κ2) is 9.67. The number of fused-ring (bicyclic) bond motifs is 2. The molecule has 0 bridgehead atoms. The summed E-state index contributed by atoms with van der Waals surface area (Å²) in [5.74, 6) is -0.0279. The Morgan fingerprint density at radius 1 is 0.972 bits per heavy atom. The summed E-state index contributed by atoms with van der Waals surface area (Å²) in [6.45, 7) is 2.98. The van der Waals surface area contributed by atoms with Gasteiger partial charge in [-0.05, 0) is 53.1 Å². The van der Waals surface area contributed by atoms with Crippen molar-refractivity contribution >= 4 is 34.6 Å². The van der Waals surface area contributed by atoms with Crippen LogP contribution in [0.4, 0.5) is 22.7 Å². The number of nitro groups is 1. The summed E-state index contributed by atoms with van der Waals surface area (Å²) < 4.78 is 5.20. The van der Waals surface area contributed by atoms with E-state index in [2.05, 4.69) is 16.0 Å². The summed E-state index contributed by atoms with van der Waals surface area (Å²) in [6, 6.07) is 15.5. The van der Waals surface area contributed by atoms with Gasteiger partial charge in [-0.25, -0.2) is 0 Å². The van der Waals surface area contributed by atoms with E-state index in [9.17, 15) is 19.7 Å². The molecule has 1 saturated heterocycles. The molecule has 1 fully saturated rings. The molecule has 2 aliphatic rings. The third kappa shape index (κ3) is 4.58. The molecule has 0 spiro atoms. The van der Waals surface area contributed by atoms with Crippen LogP contribution >= 0.6 is 0 Å². The van der Waals surface area contributed by atoms with E-state index in [0.29, 0.717) is 41.3 Å². The molecule has 5 rings (SSSR count). The van der Waals surface area contributed by atoms with Crippen molar-refractivity contribution in [3.63, 3.8) is 0 Å². The van der Waals surface area contributed by atoms with Crippen LogP contribution in [0.3, 0.4) is 0 Å². The van der Waals surface area contributed by atoms with Crippen molar-refractivity contribution in [2.45, 2.75) is 6.42 Å². The van der Waals surface area contributed by atoms with Crippen LogP contribution in [0.1, 0.15) is 15.9 Å². The first-order valence-electron chi connectivity index (χ1n) is 11.6. The van der Waals surface area contributed by atoms with Gasteiger partial charge in [0, 0.05) is 32.2 Å². The Labute approximate surface area is 207 Å². The smallest absolute Gasteiger partial charge is 0.310 e. The zero-order valence-corrected chi connectivity index (χ0v) is 19.7. The molecule has 3 aromatic carbocycles. The molecule has 184 valence electrons. The molecule has 3 N–H and O–H groups in total. The van der Waals surface area contributed by atoms with Crippen molar-refractivity contribution in [2.24, 2.45) is 0 Å². The Kier molecular flexibility index (Phi) is 6.26. The fraction of sp³-hybridized carbons (Fsp3) is 0.231. The fourth-order valence-electron chi connectivity index (χ4n) is 4.48. The molecule has 36 heavy (non-hydrogen) atoms. The van der Waals surface area contributed by atoms with E-state index in [1.54, 1.807) is 30.3 Å². The number of nitrogens with one attached hydrogen (secondary N) is 3. The zero-order chi connectivity index (χ0) is 25.2. The van der Waals surface area contributed by atoms with E-state index in [1.165, 1.54) is 13.2 Å². The molecule has 2 aliphatic heterocycles. The lowest BCUT2D eigenvalue weighted by Crippen LogP contribution is -2.46. The van der Waals surface area contributed by atoms with Gasteiger partial charge in [-0.2, -0.15) is 0 Å². The molecule has 0 saturated carbocycles. The predicted molar refractivity (Wildman–Crippen MR) is 136 cm³/mol. The molecule has 2 heterocycles. The van der Waals surface area contributed by atoms with Gasteiger partial charge in [-0.3, -0.25) is 19.7 Å². The number of hydrogen-bond acceptors (Lipinski definition) is 7. The molecule has 0 atom stereocenters. The van der Waals surface area contributed by atoms with Crippen LogP contribution in [0.5, 0.6) is 5.75 Å². The quantitative estimate of drug-likeness (QED) is 0.371. The molecule has 0 aromatic heterocycles. The minimum absolute atomic E-state index is 0.0731. The Bertz CT molecular complexity index is 1370. The van der Waals surface area contributed by atoms with E-state index in [1.807, 2.05) is 23.1 Å². The highest BCUT2D eigenvalue weighted by atomic mass is 16.6. The molecule has 3 aromatic rings. The number of nitro benzene ring substituents is 1. The van der Waals surface area contributed by atoms with Crippen LogP contribution in [-0.2, 0) is 11.2 Å². The van der Waals surface area contributed by atoms with Crippen molar-refractivity contribution in [1.29, 1.82) is 0 Å². The van der Waals surface area contributed by atoms with Crippen LogP contribution < -0.4 is 20.7 Å². The van der Waals surface area contributed by atoms with Crippen LogP contribution in [0.2, 0.25) is 0 Å². The van der Waals surface area contributed by atoms with Gasteiger partial charge >= 0.3 is 5.69 Å². The number of amides is 2. The van der Waals surface area contributed by atoms with E-state index >= 15 is 0 Å². The average molecular weight is 488 g/mol. The van der Waals surface area contributed by atoms with Gasteiger partial charge in [-0.15, -0.1) is 0 Å². The molecular formula is C26H25N5O5. The van der Waals surface area contributed by atoms with E-state index < -0.39 is 4.92 Å². The van der Waals surface area contributed by atoms with Crippen LogP contribution in [0.25, 0.3) is 11.1 Å². The summed E-state index contributed by atoms with van der Waals surface area (Å²) in [4.78, 5) is 38.2. The number of hydrogen-bond donors (Lipinski definition) is 3. The summed E-state index contributed by atoms with van der Waals surface area (Å²) in [5.41, 5.74) is 4.55. The second-order valence-corrected chi connectivity index (χ2v) is 8.67. The van der Waals surface area contributed by atoms with Gasteiger partial charge < -0.3 is 25.6 Å². The second-order valence-electron chi connectivity index (χ2n) is 8.67. The standard InChI is InChI=1S/C26H25N5O5/c1-36-24-15-18(4-7-23(24)31(34)35)17-3-5-19-21(14-17)28-22-12-16(2-6-20(22)29-26(19)33)13-25(32)30-10-8-27-9-11-30/h2-7,12,14-15,27-28H,8-11,13H2,1H3,(H,29,33). The molecule has 2 amide bonds. The Morgan fingerprint density at radius 2 is 1.72 bits per heavy atom. The van der Waals surface area contributed by atoms with Gasteiger partial charge in [0.15, 0.2) is 5.75 Å². The highest BCUT2D eigenvalue weighted by Gasteiger charge is 2.22. The fourth-order valence-corrected chi connectivity index (χ4v) is 4.48. The Hall–Kier alpha value is -4.44. The largest absolute Gasteiger partial charge is 0.490 e. The number of carbonyl (C=O) groups is 2. The normalized spacial score (nSPS) is 14.6. The van der Waals surface area contributed by atoms with Crippen LogP contribution in [0.15, 0.2) is 54.6 Å². The van der Waals surface area contributed by atoms with Crippen LogP contribution in [0, 0.1) is 10.1 Å². The van der Waals surface area contributed by atoms with Crippen molar-refractivity contribution in [3.05, 3.63) is 75.8 Å². The lowest BCUT2D eigenvalue weighted by atomic mass is 10.0. The highest BCUT2D eigenvalue weighted by Crippen LogP contribution is 2.37. The number of nitrogens with zero attached hydrogens (tertiary/aromatic N) is 2. The minimum atomic E-state index is -0.493. The lowest BCUT2D eigenvalue weighted by Gasteiger charge is -2.27. The van der Waals surface area contributed by atoms with Crippen molar-refractivity contribution in [2.75, 3.05) is 43.9 Å². The molecule has 10 heteroatoms. The van der Waals surface area contributed by atoms with Gasteiger partial charge in [0.25, 0.3) is 5.91 Å². The number of methoxy groups -OCH3 is 1. The van der Waals surface area contributed by atoms with E-state index in [4.69, 9.17) is 4.74 Å². The maximum absolute atomic E-state index is 12.9. The number of anilines is 3. The zero-order valence-electron chi connectivity index (χ0n) is 19.7. The summed E-state index contributed by atoms with van der Waals surface area (Å²) in [5, 5.41) is 20.7. The highest BCUT2D eigenvalue weighted by molar-refractivity contribution is 6.12. The third-order valence-corrected chi connectivity index (χ3v) is 6.40. The molecule has 0 aliphatic carbocycles. The van der Waals surface area contributed by atoms with Gasteiger partial charge in [-0.1, -0.05) is 12.1 Å². The molecule has 0 unspecified atom stereocenters. The maximum Gasteiger partial charge on any atom is 0.310 e. The Morgan fingerprint density at radius 3 is 2.47 bits per heavy atom. The number of benzene rings is 3. The van der Waals surface area contributed by atoms with Crippen molar-refractivity contribution < 1.29 is 19.2 Å². The number of carbonyl (C=O) groups excluding carboxylic acids is 2. The van der Waals surface area contributed by atoms with Gasteiger partial charge in [0.2, 0.25) is 5.91 Å². The number of rotatable bonds is 5. The Balaban J connectivity index is 1.44. The number of piperazine rings is 1. The predicted octanol–water partition coefficient (Wildman–Crippen LogP) is 3.55. The average Bonchev–Trinajstić information content (AvgIpc) is 3.03. The first kappa shape index (κ1) is 23.3. The van der Waals surface area contributed by atoms with Gasteiger partial charge in [0.1, 0.15) is 0 Å². The first-order valence-corrected chi connectivity index (χ1v) is 11.6. The SMILES string of the molecule is COc1cc(-c2ccc3c(c2)Nc2cc(CC(=O)N4CCNCC4)ccc2NC3=O)ccc1[N+](=O)[O-]. The summed E-state index contributed by atoms with van der Waals surface area (Å²) in [6.07, 6.45) is 0.276. The lowest BCUT2D eigenvalue weighted by molar-refractivity contribution is -0.385. The molecule has 10 nitrogen and oxygen atoms in total. The maximum atomic E-state index is 12.9. The summed E-state index contributed by atoms with van der Waals surface area (Å²) in [7, 11) is 1.39. The third-order valence-electron chi connectivity index (χ3n) is 6.40. The van der Waals surface area contributed by atoms with Crippen molar-refractivity contribution in [3.8, 4) is 16.9 Å². The molecular weight excluding hydrogens is 462 g/mol. The first-order chi connectivity index (χ1) is 17.4. The van der Waals surface area contributed by atoms with Crippen LogP contribution in [-0.4, -0.2) is 54.9 Å².